The van der Waals surface area contributed by atoms with E-state index >= 15 is 0 Å². The van der Waals surface area contributed by atoms with Gasteiger partial charge in [0.25, 0.3) is 0 Å². The zero-order chi connectivity index (χ0) is 18.8. The number of thiophene rings is 1. The van der Waals surface area contributed by atoms with Crippen LogP contribution in [0.1, 0.15) is 26.2 Å². The van der Waals surface area contributed by atoms with Crippen molar-refractivity contribution in [2.24, 2.45) is 0 Å². The molecule has 7 nitrogen and oxygen atoms in total. The van der Waals surface area contributed by atoms with Crippen molar-refractivity contribution < 1.29 is 14.3 Å². The monoisotopic (exact) mass is 388 g/mol. The Labute approximate surface area is 162 Å². The molecule has 1 unspecified atom stereocenters. The van der Waals surface area contributed by atoms with Gasteiger partial charge in [-0.3, -0.25) is 9.48 Å². The van der Waals surface area contributed by atoms with Crippen LogP contribution in [-0.4, -0.2) is 63.4 Å². The van der Waals surface area contributed by atoms with Crippen LogP contribution in [0.2, 0.25) is 0 Å². The minimum absolute atomic E-state index is 0.00881. The second-order valence-corrected chi connectivity index (χ2v) is 8.00. The number of cyclic esters (lactones) is 1. The van der Waals surface area contributed by atoms with Gasteiger partial charge in [-0.1, -0.05) is 13.0 Å². The van der Waals surface area contributed by atoms with Crippen LogP contribution in [0.25, 0.3) is 10.6 Å². The lowest BCUT2D eigenvalue weighted by atomic mass is 10.0. The zero-order valence-electron chi connectivity index (χ0n) is 15.4. The summed E-state index contributed by atoms with van der Waals surface area (Å²) in [6.45, 7) is 4.29. The fourth-order valence-corrected chi connectivity index (χ4v) is 4.41. The van der Waals surface area contributed by atoms with Gasteiger partial charge >= 0.3 is 6.09 Å². The highest BCUT2D eigenvalue weighted by molar-refractivity contribution is 7.13. The number of carbonyl (C=O) groups excluding carboxylic acids is 2. The Kier molecular flexibility index (Phi) is 5.15. The summed E-state index contributed by atoms with van der Waals surface area (Å²) in [6, 6.07) is 6.13. The third-order valence-electron chi connectivity index (χ3n) is 5.33. The van der Waals surface area contributed by atoms with E-state index in [9.17, 15) is 9.59 Å². The summed E-state index contributed by atoms with van der Waals surface area (Å²) < 4.78 is 7.06. The Morgan fingerprint density at radius 3 is 2.81 bits per heavy atom. The number of likely N-dealkylation sites (tertiary alicyclic amines) is 1. The molecule has 2 aromatic rings. The standard InChI is InChI=1S/C19H24N4O3S/c1-2-15-12-23(19(25)26-15)14-5-8-21(9-6-14)18(24)13-22-10-7-16(20-22)17-4-3-11-27-17/h3-4,7,10-11,14-15H,2,5-6,8-9,12-13H2,1H3. The van der Waals surface area contributed by atoms with Gasteiger partial charge < -0.3 is 14.5 Å². The molecule has 0 bridgehead atoms. The van der Waals surface area contributed by atoms with Gasteiger partial charge in [0.05, 0.1) is 11.4 Å². The molecule has 0 spiro atoms. The SMILES string of the molecule is CCC1CN(C2CCN(C(=O)Cn3ccc(-c4cccs4)n3)CC2)C(=O)O1. The van der Waals surface area contributed by atoms with Crippen molar-refractivity contribution in [3.63, 3.8) is 0 Å². The summed E-state index contributed by atoms with van der Waals surface area (Å²) >= 11 is 1.64. The van der Waals surface area contributed by atoms with Gasteiger partial charge in [-0.15, -0.1) is 11.3 Å². The Balaban J connectivity index is 1.29. The molecule has 0 saturated carbocycles. The quantitative estimate of drug-likeness (QED) is 0.790. The molecule has 1 atom stereocenters. The summed E-state index contributed by atoms with van der Waals surface area (Å²) in [5, 5.41) is 6.52. The number of nitrogens with zero attached hydrogens (tertiary/aromatic N) is 4. The lowest BCUT2D eigenvalue weighted by molar-refractivity contribution is -0.133. The van der Waals surface area contributed by atoms with Crippen LogP contribution in [0, 0.1) is 0 Å². The van der Waals surface area contributed by atoms with Gasteiger partial charge in [-0.2, -0.15) is 5.10 Å². The minimum Gasteiger partial charge on any atom is -0.444 e. The molecule has 27 heavy (non-hydrogen) atoms. The van der Waals surface area contributed by atoms with E-state index < -0.39 is 0 Å². The second kappa shape index (κ2) is 7.72. The van der Waals surface area contributed by atoms with Crippen LogP contribution in [0.15, 0.2) is 29.8 Å². The molecular weight excluding hydrogens is 364 g/mol. The molecule has 0 aliphatic carbocycles. The Hall–Kier alpha value is -2.35. The molecule has 4 rings (SSSR count). The van der Waals surface area contributed by atoms with E-state index in [0.717, 1.165) is 29.8 Å². The average Bonchev–Trinajstić information content (AvgIpc) is 3.42. The van der Waals surface area contributed by atoms with Gasteiger partial charge in [0.15, 0.2) is 0 Å². The fourth-order valence-electron chi connectivity index (χ4n) is 3.72. The summed E-state index contributed by atoms with van der Waals surface area (Å²) in [5.41, 5.74) is 0.898. The van der Waals surface area contributed by atoms with E-state index in [1.165, 1.54) is 0 Å². The molecule has 2 aliphatic rings. The Bertz CT molecular complexity index is 796. The van der Waals surface area contributed by atoms with E-state index in [4.69, 9.17) is 4.74 Å². The fraction of sp³-hybridized carbons (Fsp3) is 0.526. The molecular formula is C19H24N4O3S. The first-order chi connectivity index (χ1) is 13.1. The topological polar surface area (TPSA) is 67.7 Å². The number of rotatable bonds is 5. The maximum absolute atomic E-state index is 12.6. The maximum Gasteiger partial charge on any atom is 0.410 e. The molecule has 0 aromatic carbocycles. The summed E-state index contributed by atoms with van der Waals surface area (Å²) in [4.78, 5) is 29.5. The zero-order valence-corrected chi connectivity index (χ0v) is 16.2. The largest absolute Gasteiger partial charge is 0.444 e. The van der Waals surface area contributed by atoms with Crippen LogP contribution < -0.4 is 0 Å². The van der Waals surface area contributed by atoms with E-state index in [1.54, 1.807) is 16.0 Å². The normalized spacial score (nSPS) is 20.9. The summed E-state index contributed by atoms with van der Waals surface area (Å²) in [6.07, 6.45) is 4.11. The number of hydrogen-bond donors (Lipinski definition) is 0. The van der Waals surface area contributed by atoms with Crippen molar-refractivity contribution in [2.75, 3.05) is 19.6 Å². The maximum atomic E-state index is 12.6. The first kappa shape index (κ1) is 18.0. The molecule has 2 aliphatic heterocycles. The van der Waals surface area contributed by atoms with Gasteiger partial charge in [-0.25, -0.2) is 4.79 Å². The molecule has 2 saturated heterocycles. The first-order valence-electron chi connectivity index (χ1n) is 9.46. The summed E-state index contributed by atoms with van der Waals surface area (Å²) in [7, 11) is 0. The highest BCUT2D eigenvalue weighted by Gasteiger charge is 2.37. The highest BCUT2D eigenvalue weighted by atomic mass is 32.1. The van der Waals surface area contributed by atoms with Crippen molar-refractivity contribution in [1.29, 1.82) is 0 Å². The van der Waals surface area contributed by atoms with Crippen LogP contribution in [-0.2, 0) is 16.1 Å². The smallest absolute Gasteiger partial charge is 0.410 e. The molecule has 2 amide bonds. The molecule has 8 heteroatoms. The number of carbonyl (C=O) groups is 2. The van der Waals surface area contributed by atoms with Gasteiger partial charge in [0, 0.05) is 25.3 Å². The average molecular weight is 388 g/mol. The predicted molar refractivity (Wildman–Crippen MR) is 102 cm³/mol. The van der Waals surface area contributed by atoms with E-state index in [1.807, 2.05) is 46.5 Å². The van der Waals surface area contributed by atoms with E-state index in [-0.39, 0.29) is 30.7 Å². The first-order valence-corrected chi connectivity index (χ1v) is 10.3. The Morgan fingerprint density at radius 2 is 2.15 bits per heavy atom. The van der Waals surface area contributed by atoms with Gasteiger partial charge in [0.1, 0.15) is 18.3 Å². The number of amides is 2. The number of piperidine rings is 1. The van der Waals surface area contributed by atoms with Crippen molar-refractivity contribution in [3.8, 4) is 10.6 Å². The number of aromatic nitrogens is 2. The van der Waals surface area contributed by atoms with Crippen LogP contribution >= 0.6 is 11.3 Å². The van der Waals surface area contributed by atoms with Gasteiger partial charge in [-0.05, 0) is 36.8 Å². The highest BCUT2D eigenvalue weighted by Crippen LogP contribution is 2.24. The Morgan fingerprint density at radius 1 is 1.33 bits per heavy atom. The van der Waals surface area contributed by atoms with Crippen molar-refractivity contribution >= 4 is 23.3 Å². The van der Waals surface area contributed by atoms with Crippen molar-refractivity contribution in [1.82, 2.24) is 19.6 Å². The molecule has 0 radical (unpaired) electrons. The number of ether oxygens (including phenoxy) is 1. The minimum atomic E-state index is -0.204. The van der Waals surface area contributed by atoms with Crippen LogP contribution in [0.3, 0.4) is 0 Å². The second-order valence-electron chi connectivity index (χ2n) is 7.05. The molecule has 0 N–H and O–H groups in total. The van der Waals surface area contributed by atoms with Gasteiger partial charge in [0.2, 0.25) is 5.91 Å². The molecule has 2 aromatic heterocycles. The third kappa shape index (κ3) is 3.85. The lowest BCUT2D eigenvalue weighted by Crippen LogP contribution is -2.48. The third-order valence-corrected chi connectivity index (χ3v) is 6.22. The van der Waals surface area contributed by atoms with Crippen molar-refractivity contribution in [2.45, 2.75) is 44.9 Å². The summed E-state index contributed by atoms with van der Waals surface area (Å²) in [5.74, 6) is 0.0738. The number of hydrogen-bond acceptors (Lipinski definition) is 5. The predicted octanol–water partition coefficient (Wildman–Crippen LogP) is 2.83. The van der Waals surface area contributed by atoms with Crippen molar-refractivity contribution in [3.05, 3.63) is 29.8 Å². The van der Waals surface area contributed by atoms with E-state index in [0.29, 0.717) is 19.6 Å². The molecule has 4 heterocycles. The molecule has 2 fully saturated rings. The van der Waals surface area contributed by atoms with Crippen LogP contribution in [0.5, 0.6) is 0 Å². The lowest BCUT2D eigenvalue weighted by Gasteiger charge is -2.35. The van der Waals surface area contributed by atoms with E-state index in [2.05, 4.69) is 5.10 Å². The van der Waals surface area contributed by atoms with Crippen LogP contribution in [0.4, 0.5) is 4.79 Å². The molecule has 144 valence electrons.